The molecule has 2 rings (SSSR count). The van der Waals surface area contributed by atoms with E-state index in [9.17, 15) is 0 Å². The topological polar surface area (TPSA) is 42.2 Å². The first-order valence-corrected chi connectivity index (χ1v) is 7.91. The maximum absolute atomic E-state index is 5.78. The second-order valence-electron chi connectivity index (χ2n) is 5.49. The molecule has 1 aliphatic heterocycles. The van der Waals surface area contributed by atoms with Gasteiger partial charge in [-0.2, -0.15) is 0 Å². The maximum Gasteiger partial charge on any atom is 0.185 e. The molecule has 1 aromatic heterocycles. The van der Waals surface area contributed by atoms with E-state index in [2.05, 4.69) is 25.7 Å². The van der Waals surface area contributed by atoms with Crippen molar-refractivity contribution in [2.24, 2.45) is 17.6 Å². The fourth-order valence-corrected chi connectivity index (χ4v) is 3.78. The molecule has 0 amide bonds. The Labute approximate surface area is 114 Å². The van der Waals surface area contributed by atoms with Gasteiger partial charge in [0.1, 0.15) is 0 Å². The molecular formula is C14H25N3S. The number of anilines is 1. The van der Waals surface area contributed by atoms with E-state index < -0.39 is 0 Å². The molecule has 2 N–H and O–H groups in total. The van der Waals surface area contributed by atoms with Gasteiger partial charge < -0.3 is 10.6 Å². The van der Waals surface area contributed by atoms with E-state index in [0.717, 1.165) is 31.3 Å². The van der Waals surface area contributed by atoms with Crippen LogP contribution in [0.1, 0.15) is 44.2 Å². The molecule has 1 aromatic rings. The van der Waals surface area contributed by atoms with Gasteiger partial charge in [0.2, 0.25) is 0 Å². The summed E-state index contributed by atoms with van der Waals surface area (Å²) in [6.45, 7) is 9.77. The standard InChI is InChI=1S/C14H25N3S/c1-4-12-13(9-15)18-14(16-12)17-7-5-11(6-8-17)10(2)3/h10-11H,4-9,15H2,1-3H3. The third-order valence-corrected chi connectivity index (χ3v) is 5.22. The molecule has 0 spiro atoms. The zero-order valence-electron chi connectivity index (χ0n) is 11.8. The number of rotatable bonds is 4. The number of aromatic nitrogens is 1. The zero-order valence-corrected chi connectivity index (χ0v) is 12.6. The number of aryl methyl sites for hydroxylation is 1. The summed E-state index contributed by atoms with van der Waals surface area (Å²) in [5, 5.41) is 1.19. The highest BCUT2D eigenvalue weighted by molar-refractivity contribution is 7.15. The first kappa shape index (κ1) is 13.8. The lowest BCUT2D eigenvalue weighted by Crippen LogP contribution is -2.35. The van der Waals surface area contributed by atoms with Crippen LogP contribution >= 0.6 is 11.3 Å². The van der Waals surface area contributed by atoms with Crippen molar-refractivity contribution in [1.29, 1.82) is 0 Å². The van der Waals surface area contributed by atoms with Crippen LogP contribution in [0.25, 0.3) is 0 Å². The van der Waals surface area contributed by atoms with Crippen LogP contribution in [0.5, 0.6) is 0 Å². The van der Waals surface area contributed by atoms with Gasteiger partial charge in [-0.1, -0.05) is 20.8 Å². The van der Waals surface area contributed by atoms with Gasteiger partial charge in [0.15, 0.2) is 5.13 Å². The summed E-state index contributed by atoms with van der Waals surface area (Å²) in [6.07, 6.45) is 3.60. The lowest BCUT2D eigenvalue weighted by Gasteiger charge is -2.33. The molecule has 0 aromatic carbocycles. The third-order valence-electron chi connectivity index (χ3n) is 4.04. The number of thiazole rings is 1. The van der Waals surface area contributed by atoms with Crippen LogP contribution in [-0.4, -0.2) is 18.1 Å². The van der Waals surface area contributed by atoms with Crippen molar-refractivity contribution >= 4 is 16.5 Å². The molecule has 1 saturated heterocycles. The Kier molecular flexibility index (Phi) is 4.62. The molecular weight excluding hydrogens is 242 g/mol. The molecule has 102 valence electrons. The van der Waals surface area contributed by atoms with Crippen LogP contribution in [0.4, 0.5) is 5.13 Å². The Morgan fingerprint density at radius 2 is 2.06 bits per heavy atom. The van der Waals surface area contributed by atoms with Crippen LogP contribution in [-0.2, 0) is 13.0 Å². The van der Waals surface area contributed by atoms with Gasteiger partial charge in [0.05, 0.1) is 5.69 Å². The van der Waals surface area contributed by atoms with Gasteiger partial charge in [-0.15, -0.1) is 11.3 Å². The highest BCUT2D eigenvalue weighted by atomic mass is 32.1. The van der Waals surface area contributed by atoms with Gasteiger partial charge in [0.25, 0.3) is 0 Å². The number of hydrogen-bond acceptors (Lipinski definition) is 4. The van der Waals surface area contributed by atoms with Crippen molar-refractivity contribution in [3.63, 3.8) is 0 Å². The molecule has 1 fully saturated rings. The predicted molar refractivity (Wildman–Crippen MR) is 79.2 cm³/mol. The van der Waals surface area contributed by atoms with Gasteiger partial charge in [0, 0.05) is 24.5 Å². The second kappa shape index (κ2) is 6.02. The van der Waals surface area contributed by atoms with Crippen LogP contribution in [0.15, 0.2) is 0 Å². The molecule has 18 heavy (non-hydrogen) atoms. The molecule has 2 heterocycles. The van der Waals surface area contributed by atoms with Gasteiger partial charge in [-0.25, -0.2) is 4.98 Å². The molecule has 1 aliphatic rings. The van der Waals surface area contributed by atoms with Crippen molar-refractivity contribution in [2.75, 3.05) is 18.0 Å². The largest absolute Gasteiger partial charge is 0.348 e. The van der Waals surface area contributed by atoms with Crippen molar-refractivity contribution in [3.05, 3.63) is 10.6 Å². The molecule has 0 atom stereocenters. The summed E-state index contributed by atoms with van der Waals surface area (Å²) in [5.41, 5.74) is 6.98. The molecule has 0 unspecified atom stereocenters. The Bertz CT molecular complexity index is 357. The predicted octanol–water partition coefficient (Wildman–Crippen LogP) is 3.04. The summed E-state index contributed by atoms with van der Waals surface area (Å²) in [4.78, 5) is 8.47. The SMILES string of the molecule is CCc1nc(N2CCC(C(C)C)CC2)sc1CN. The van der Waals surface area contributed by atoms with Crippen molar-refractivity contribution in [3.8, 4) is 0 Å². The fraction of sp³-hybridized carbons (Fsp3) is 0.786. The van der Waals surface area contributed by atoms with E-state index in [1.807, 2.05) is 0 Å². The van der Waals surface area contributed by atoms with Gasteiger partial charge >= 0.3 is 0 Å². The van der Waals surface area contributed by atoms with E-state index in [0.29, 0.717) is 6.54 Å². The highest BCUT2D eigenvalue weighted by Gasteiger charge is 2.23. The first-order valence-electron chi connectivity index (χ1n) is 7.09. The molecule has 0 aliphatic carbocycles. The first-order chi connectivity index (χ1) is 8.65. The minimum Gasteiger partial charge on any atom is -0.348 e. The van der Waals surface area contributed by atoms with Crippen LogP contribution in [0.3, 0.4) is 0 Å². The highest BCUT2D eigenvalue weighted by Crippen LogP contribution is 2.31. The zero-order chi connectivity index (χ0) is 13.1. The molecule has 0 radical (unpaired) electrons. The average Bonchev–Trinajstić information content (AvgIpc) is 2.82. The van der Waals surface area contributed by atoms with Crippen molar-refractivity contribution in [2.45, 2.75) is 46.6 Å². The lowest BCUT2D eigenvalue weighted by molar-refractivity contribution is 0.311. The van der Waals surface area contributed by atoms with Crippen LogP contribution in [0.2, 0.25) is 0 Å². The Morgan fingerprint density at radius 3 is 2.50 bits per heavy atom. The van der Waals surface area contributed by atoms with Gasteiger partial charge in [-0.3, -0.25) is 0 Å². The normalized spacial score (nSPS) is 17.7. The monoisotopic (exact) mass is 267 g/mol. The van der Waals surface area contributed by atoms with E-state index in [1.54, 1.807) is 11.3 Å². The molecule has 0 bridgehead atoms. The van der Waals surface area contributed by atoms with Crippen LogP contribution in [0, 0.1) is 11.8 Å². The summed E-state index contributed by atoms with van der Waals surface area (Å²) in [6, 6.07) is 0. The Morgan fingerprint density at radius 1 is 1.39 bits per heavy atom. The fourth-order valence-electron chi connectivity index (χ4n) is 2.70. The smallest absolute Gasteiger partial charge is 0.185 e. The number of hydrogen-bond donors (Lipinski definition) is 1. The number of piperidine rings is 1. The average molecular weight is 267 g/mol. The van der Waals surface area contributed by atoms with Crippen molar-refractivity contribution in [1.82, 2.24) is 4.98 Å². The maximum atomic E-state index is 5.78. The van der Waals surface area contributed by atoms with E-state index in [-0.39, 0.29) is 0 Å². The van der Waals surface area contributed by atoms with Crippen LogP contribution < -0.4 is 10.6 Å². The minimum absolute atomic E-state index is 0.628. The molecule has 3 nitrogen and oxygen atoms in total. The minimum atomic E-state index is 0.628. The quantitative estimate of drug-likeness (QED) is 0.911. The van der Waals surface area contributed by atoms with E-state index >= 15 is 0 Å². The number of nitrogens with zero attached hydrogens (tertiary/aromatic N) is 2. The second-order valence-corrected chi connectivity index (χ2v) is 6.55. The lowest BCUT2D eigenvalue weighted by atomic mass is 9.87. The summed E-state index contributed by atoms with van der Waals surface area (Å²) in [7, 11) is 0. The van der Waals surface area contributed by atoms with Crippen molar-refractivity contribution < 1.29 is 0 Å². The summed E-state index contributed by atoms with van der Waals surface area (Å²) in [5.74, 6) is 1.70. The third kappa shape index (κ3) is 2.86. The van der Waals surface area contributed by atoms with E-state index in [1.165, 1.54) is 28.5 Å². The van der Waals surface area contributed by atoms with E-state index in [4.69, 9.17) is 10.7 Å². The summed E-state index contributed by atoms with van der Waals surface area (Å²) >= 11 is 1.79. The number of nitrogens with two attached hydrogens (primary N) is 1. The molecule has 4 heteroatoms. The van der Waals surface area contributed by atoms with Gasteiger partial charge in [-0.05, 0) is 31.1 Å². The summed E-state index contributed by atoms with van der Waals surface area (Å²) < 4.78 is 0. The Balaban J connectivity index is 2.03. The Hall–Kier alpha value is -0.610. The molecule has 0 saturated carbocycles.